The summed E-state index contributed by atoms with van der Waals surface area (Å²) >= 11 is 7.20. The second-order valence-corrected chi connectivity index (χ2v) is 14.7. The molecular formula is C40H44Br2Cl2N4. The van der Waals surface area contributed by atoms with Crippen molar-refractivity contribution in [2.45, 2.75) is 76.5 Å². The standard InChI is InChI=1S/2C20H21BrN2.2ClH/c2*1-13(14-6-3-2-4-7-14)22-19-9-5-8-16-17-12-15(21)10-11-18(17)23-20(16)19;;/h2*2-4,6-7,10-13,19,22-23H,5,8-9H2,1H3;2*1H/t13-,19+;13-,19-;;/m11../s1. The summed E-state index contributed by atoms with van der Waals surface area (Å²) < 4.78 is 2.30. The van der Waals surface area contributed by atoms with E-state index in [9.17, 15) is 0 Å². The molecule has 0 fully saturated rings. The Kier molecular flexibility index (Phi) is 12.6. The van der Waals surface area contributed by atoms with Crippen LogP contribution in [0.15, 0.2) is 106 Å². The van der Waals surface area contributed by atoms with Crippen LogP contribution in [0.5, 0.6) is 0 Å². The van der Waals surface area contributed by atoms with Crippen LogP contribution < -0.4 is 10.6 Å². The molecule has 4 atom stereocenters. The van der Waals surface area contributed by atoms with Gasteiger partial charge in [-0.05, 0) is 111 Å². The highest BCUT2D eigenvalue weighted by atomic mass is 79.9. The molecule has 0 bridgehead atoms. The van der Waals surface area contributed by atoms with Crippen molar-refractivity contribution in [1.29, 1.82) is 0 Å². The number of fused-ring (bicyclic) bond motifs is 6. The molecule has 8 heteroatoms. The maximum absolute atomic E-state index is 3.82. The third kappa shape index (κ3) is 7.90. The molecule has 0 aliphatic heterocycles. The molecule has 2 aromatic heterocycles. The van der Waals surface area contributed by atoms with Gasteiger partial charge >= 0.3 is 0 Å². The SMILES string of the molecule is C[C@@H](N[C@@H]1CCCc2c1[nH]c1ccc(Br)cc21)c1ccccc1.C[C@@H](N[C@H]1CCCc2c1[nH]c1ccc(Br)cc21)c1ccccc1.Cl.Cl. The molecule has 8 rings (SSSR count). The predicted octanol–water partition coefficient (Wildman–Crippen LogP) is 12.2. The molecule has 0 radical (unpaired) electrons. The van der Waals surface area contributed by atoms with Crippen molar-refractivity contribution in [2.24, 2.45) is 0 Å². The van der Waals surface area contributed by atoms with Crippen LogP contribution in [0, 0.1) is 0 Å². The average molecular weight is 812 g/mol. The summed E-state index contributed by atoms with van der Waals surface area (Å²) in [5.74, 6) is 0. The van der Waals surface area contributed by atoms with Gasteiger partial charge in [-0.2, -0.15) is 0 Å². The summed E-state index contributed by atoms with van der Waals surface area (Å²) in [7, 11) is 0. The zero-order chi connectivity index (χ0) is 31.6. The maximum atomic E-state index is 3.82. The first-order valence-electron chi connectivity index (χ1n) is 16.7. The summed E-state index contributed by atoms with van der Waals surface area (Å²) in [5.41, 5.74) is 10.9. The van der Waals surface area contributed by atoms with Gasteiger partial charge < -0.3 is 20.6 Å². The highest BCUT2D eigenvalue weighted by Gasteiger charge is 2.27. The van der Waals surface area contributed by atoms with Gasteiger partial charge in [0.1, 0.15) is 0 Å². The van der Waals surface area contributed by atoms with Crippen LogP contribution in [0.2, 0.25) is 0 Å². The third-order valence-electron chi connectivity index (χ3n) is 9.84. The van der Waals surface area contributed by atoms with E-state index in [1.54, 1.807) is 0 Å². The summed E-state index contributed by atoms with van der Waals surface area (Å²) in [5, 5.41) is 10.4. The lowest BCUT2D eigenvalue weighted by Gasteiger charge is -2.27. The van der Waals surface area contributed by atoms with Gasteiger partial charge in [-0.25, -0.2) is 0 Å². The fraction of sp³-hybridized carbons (Fsp3) is 0.300. The van der Waals surface area contributed by atoms with Crippen LogP contribution in [-0.4, -0.2) is 9.97 Å². The van der Waals surface area contributed by atoms with E-state index in [0.717, 1.165) is 8.95 Å². The first-order valence-corrected chi connectivity index (χ1v) is 18.2. The van der Waals surface area contributed by atoms with Crippen LogP contribution >= 0.6 is 56.7 Å². The molecule has 4 aromatic carbocycles. The molecule has 4 nitrogen and oxygen atoms in total. The van der Waals surface area contributed by atoms with Gasteiger partial charge in [-0.3, -0.25) is 0 Å². The summed E-state index contributed by atoms with van der Waals surface area (Å²) in [6, 6.07) is 36.0. The second-order valence-electron chi connectivity index (χ2n) is 12.9. The van der Waals surface area contributed by atoms with Gasteiger partial charge in [0, 0.05) is 66.3 Å². The number of rotatable bonds is 6. The first kappa shape index (κ1) is 36.7. The van der Waals surface area contributed by atoms with Gasteiger partial charge in [0.05, 0.1) is 0 Å². The molecule has 0 spiro atoms. The van der Waals surface area contributed by atoms with Crippen molar-refractivity contribution < 1.29 is 0 Å². The molecule has 0 saturated carbocycles. The summed E-state index contributed by atoms with van der Waals surface area (Å²) in [4.78, 5) is 7.33. The van der Waals surface area contributed by atoms with E-state index in [1.165, 1.54) is 94.0 Å². The lowest BCUT2D eigenvalue weighted by atomic mass is 9.91. The van der Waals surface area contributed by atoms with Crippen LogP contribution in [0.3, 0.4) is 0 Å². The lowest BCUT2D eigenvalue weighted by molar-refractivity contribution is 0.410. The van der Waals surface area contributed by atoms with Crippen LogP contribution in [0.25, 0.3) is 21.8 Å². The number of H-pyrrole nitrogens is 2. The highest BCUT2D eigenvalue weighted by Crippen LogP contribution is 2.38. The number of benzene rings is 4. The Balaban J connectivity index is 0.000000180. The van der Waals surface area contributed by atoms with E-state index in [2.05, 4.69) is 163 Å². The fourth-order valence-electron chi connectivity index (χ4n) is 7.48. The van der Waals surface area contributed by atoms with Gasteiger partial charge in [0.15, 0.2) is 0 Å². The number of nitrogens with one attached hydrogen (secondary N) is 4. The molecular weight excluding hydrogens is 767 g/mol. The Labute approximate surface area is 313 Å². The Hall–Kier alpha value is -2.58. The van der Waals surface area contributed by atoms with E-state index in [0.29, 0.717) is 24.2 Å². The zero-order valence-corrected chi connectivity index (χ0v) is 32.2. The third-order valence-corrected chi connectivity index (χ3v) is 10.8. The molecule has 0 amide bonds. The minimum absolute atomic E-state index is 0. The monoisotopic (exact) mass is 808 g/mol. The van der Waals surface area contributed by atoms with Crippen molar-refractivity contribution in [3.05, 3.63) is 140 Å². The average Bonchev–Trinajstić information content (AvgIpc) is 3.65. The van der Waals surface area contributed by atoms with Gasteiger partial charge in [0.2, 0.25) is 0 Å². The van der Waals surface area contributed by atoms with E-state index in [4.69, 9.17) is 0 Å². The van der Waals surface area contributed by atoms with Crippen molar-refractivity contribution in [1.82, 2.24) is 20.6 Å². The Morgan fingerprint density at radius 1 is 0.583 bits per heavy atom. The van der Waals surface area contributed by atoms with Gasteiger partial charge in [0.25, 0.3) is 0 Å². The predicted molar refractivity (Wildman–Crippen MR) is 214 cm³/mol. The van der Waals surface area contributed by atoms with Crippen molar-refractivity contribution in [3.63, 3.8) is 0 Å². The van der Waals surface area contributed by atoms with Crippen LogP contribution in [-0.2, 0) is 12.8 Å². The van der Waals surface area contributed by atoms with Gasteiger partial charge in [-0.15, -0.1) is 24.8 Å². The second kappa shape index (κ2) is 16.4. The lowest BCUT2D eigenvalue weighted by Crippen LogP contribution is -2.27. The number of aromatic amines is 2. The van der Waals surface area contributed by atoms with Crippen molar-refractivity contribution >= 4 is 78.5 Å². The summed E-state index contributed by atoms with van der Waals surface area (Å²) in [6.07, 6.45) is 7.21. The quantitative estimate of drug-likeness (QED) is 0.135. The Morgan fingerprint density at radius 2 is 0.979 bits per heavy atom. The smallest absolute Gasteiger partial charge is 0.0480 e. The molecule has 2 aliphatic carbocycles. The minimum atomic E-state index is 0. The van der Waals surface area contributed by atoms with E-state index in [-0.39, 0.29) is 24.8 Å². The van der Waals surface area contributed by atoms with Crippen molar-refractivity contribution in [3.8, 4) is 0 Å². The topological polar surface area (TPSA) is 55.6 Å². The number of aryl methyl sites for hydroxylation is 2. The Bertz CT molecular complexity index is 1800. The number of halogens is 4. The minimum Gasteiger partial charge on any atom is -0.357 e. The molecule has 48 heavy (non-hydrogen) atoms. The number of hydrogen-bond donors (Lipinski definition) is 4. The zero-order valence-electron chi connectivity index (χ0n) is 27.4. The molecule has 2 heterocycles. The van der Waals surface area contributed by atoms with E-state index >= 15 is 0 Å². The van der Waals surface area contributed by atoms with Crippen molar-refractivity contribution in [2.75, 3.05) is 0 Å². The van der Waals surface area contributed by atoms with E-state index < -0.39 is 0 Å². The molecule has 2 aliphatic rings. The molecule has 252 valence electrons. The van der Waals surface area contributed by atoms with E-state index in [1.807, 2.05) is 0 Å². The van der Waals surface area contributed by atoms with Crippen LogP contribution in [0.1, 0.15) is 97.3 Å². The van der Waals surface area contributed by atoms with Crippen LogP contribution in [0.4, 0.5) is 0 Å². The molecule has 0 unspecified atom stereocenters. The highest BCUT2D eigenvalue weighted by molar-refractivity contribution is 9.10. The molecule has 0 saturated heterocycles. The maximum Gasteiger partial charge on any atom is 0.0480 e. The van der Waals surface area contributed by atoms with Gasteiger partial charge in [-0.1, -0.05) is 92.5 Å². The largest absolute Gasteiger partial charge is 0.357 e. The normalized spacial score (nSPS) is 18.0. The number of aromatic nitrogens is 2. The number of hydrogen-bond acceptors (Lipinski definition) is 2. The first-order chi connectivity index (χ1) is 22.4. The Morgan fingerprint density at radius 3 is 1.38 bits per heavy atom. The fourth-order valence-corrected chi connectivity index (χ4v) is 8.20. The summed E-state index contributed by atoms with van der Waals surface area (Å²) in [6.45, 7) is 4.51. The molecule has 6 aromatic rings. The molecule has 4 N–H and O–H groups in total.